The first-order valence-electron chi connectivity index (χ1n) is 5.93. The van der Waals surface area contributed by atoms with Crippen molar-refractivity contribution >= 4 is 21.6 Å². The number of benzene rings is 2. The van der Waals surface area contributed by atoms with E-state index in [-0.39, 0.29) is 4.94 Å². The van der Waals surface area contributed by atoms with Crippen LogP contribution < -0.4 is 9.68 Å². The zero-order valence-electron chi connectivity index (χ0n) is 10.4. The SMILES string of the molecule is Cc1ccc(COc2ccc3sc(=O)oc3c2)cc1. The molecule has 0 spiro atoms. The highest BCUT2D eigenvalue weighted by Gasteiger charge is 2.04. The van der Waals surface area contributed by atoms with Gasteiger partial charge in [0.1, 0.15) is 12.4 Å². The summed E-state index contributed by atoms with van der Waals surface area (Å²) in [5.41, 5.74) is 2.92. The van der Waals surface area contributed by atoms with Gasteiger partial charge in [0, 0.05) is 6.07 Å². The molecule has 0 fully saturated rings. The van der Waals surface area contributed by atoms with E-state index in [0.717, 1.165) is 21.6 Å². The summed E-state index contributed by atoms with van der Waals surface area (Å²) in [4.78, 5) is 10.8. The van der Waals surface area contributed by atoms with Crippen LogP contribution >= 0.6 is 11.3 Å². The Morgan fingerprint density at radius 3 is 2.74 bits per heavy atom. The quantitative estimate of drug-likeness (QED) is 0.729. The summed E-state index contributed by atoms with van der Waals surface area (Å²) in [6, 6.07) is 13.6. The summed E-state index contributed by atoms with van der Waals surface area (Å²) in [6.45, 7) is 2.55. The van der Waals surface area contributed by atoms with Crippen molar-refractivity contribution in [3.63, 3.8) is 0 Å². The molecule has 0 aliphatic rings. The molecule has 0 saturated heterocycles. The number of aryl methyl sites for hydroxylation is 1. The van der Waals surface area contributed by atoms with Gasteiger partial charge >= 0.3 is 4.94 Å². The van der Waals surface area contributed by atoms with Gasteiger partial charge in [0.15, 0.2) is 5.58 Å². The van der Waals surface area contributed by atoms with Gasteiger partial charge in [-0.2, -0.15) is 0 Å². The summed E-state index contributed by atoms with van der Waals surface area (Å²) in [5.74, 6) is 0.703. The largest absolute Gasteiger partial charge is 0.489 e. The lowest BCUT2D eigenvalue weighted by atomic mass is 10.2. The Labute approximate surface area is 114 Å². The first-order valence-corrected chi connectivity index (χ1v) is 6.74. The average Bonchev–Trinajstić information content (AvgIpc) is 2.77. The van der Waals surface area contributed by atoms with Gasteiger partial charge in [-0.3, -0.25) is 0 Å². The molecule has 19 heavy (non-hydrogen) atoms. The third-order valence-corrected chi connectivity index (χ3v) is 3.64. The predicted octanol–water partition coefficient (Wildman–Crippen LogP) is 3.74. The molecule has 1 heterocycles. The van der Waals surface area contributed by atoms with Crippen LogP contribution in [-0.4, -0.2) is 0 Å². The number of fused-ring (bicyclic) bond motifs is 1. The Morgan fingerprint density at radius 1 is 1.16 bits per heavy atom. The van der Waals surface area contributed by atoms with Crippen molar-refractivity contribution in [3.8, 4) is 5.75 Å². The molecule has 0 amide bonds. The normalized spacial score (nSPS) is 10.8. The van der Waals surface area contributed by atoms with Crippen molar-refractivity contribution in [2.45, 2.75) is 13.5 Å². The van der Waals surface area contributed by atoms with Crippen molar-refractivity contribution in [1.29, 1.82) is 0 Å². The van der Waals surface area contributed by atoms with Crippen molar-refractivity contribution in [1.82, 2.24) is 0 Å². The Hall–Kier alpha value is -2.07. The third-order valence-electron chi connectivity index (χ3n) is 2.83. The first-order chi connectivity index (χ1) is 9.20. The van der Waals surface area contributed by atoms with E-state index in [1.54, 1.807) is 6.07 Å². The molecule has 0 radical (unpaired) electrons. The molecule has 0 atom stereocenters. The summed E-state index contributed by atoms with van der Waals surface area (Å²) in [6.07, 6.45) is 0. The van der Waals surface area contributed by atoms with Crippen LogP contribution in [0.5, 0.6) is 5.75 Å². The van der Waals surface area contributed by atoms with Gasteiger partial charge in [-0.15, -0.1) is 0 Å². The van der Waals surface area contributed by atoms with Gasteiger partial charge in [0.2, 0.25) is 0 Å². The Morgan fingerprint density at radius 2 is 1.95 bits per heavy atom. The Bertz CT molecular complexity index is 753. The minimum atomic E-state index is -0.286. The molecule has 0 saturated carbocycles. The van der Waals surface area contributed by atoms with Crippen molar-refractivity contribution in [2.75, 3.05) is 0 Å². The Balaban J connectivity index is 1.77. The highest BCUT2D eigenvalue weighted by molar-refractivity contribution is 7.16. The number of rotatable bonds is 3. The minimum Gasteiger partial charge on any atom is -0.489 e. The molecule has 0 bridgehead atoms. The van der Waals surface area contributed by atoms with Gasteiger partial charge in [0.05, 0.1) is 4.70 Å². The molecular formula is C15H12O3S. The fourth-order valence-electron chi connectivity index (χ4n) is 1.79. The Kier molecular flexibility index (Phi) is 3.09. The highest BCUT2D eigenvalue weighted by Crippen LogP contribution is 2.23. The average molecular weight is 272 g/mol. The molecule has 2 aromatic carbocycles. The number of hydrogen-bond acceptors (Lipinski definition) is 4. The van der Waals surface area contributed by atoms with Crippen LogP contribution in [0.15, 0.2) is 51.7 Å². The minimum absolute atomic E-state index is 0.286. The molecule has 3 aromatic rings. The van der Waals surface area contributed by atoms with E-state index in [1.165, 1.54) is 5.56 Å². The first kappa shape index (κ1) is 12.0. The van der Waals surface area contributed by atoms with Crippen LogP contribution in [0.4, 0.5) is 0 Å². The van der Waals surface area contributed by atoms with E-state index in [4.69, 9.17) is 9.15 Å². The maximum atomic E-state index is 11.1. The molecule has 3 nitrogen and oxygen atoms in total. The molecule has 0 N–H and O–H groups in total. The van der Waals surface area contributed by atoms with Crippen LogP contribution in [0, 0.1) is 6.92 Å². The molecule has 96 valence electrons. The zero-order valence-corrected chi connectivity index (χ0v) is 11.2. The standard InChI is InChI=1S/C15H12O3S/c1-10-2-4-11(5-3-10)9-17-12-6-7-14-13(8-12)18-15(16)19-14/h2-8H,9H2,1H3. The van der Waals surface area contributed by atoms with E-state index in [0.29, 0.717) is 17.9 Å². The van der Waals surface area contributed by atoms with E-state index < -0.39 is 0 Å². The number of hydrogen-bond donors (Lipinski definition) is 0. The summed E-state index contributed by atoms with van der Waals surface area (Å²) < 4.78 is 11.6. The van der Waals surface area contributed by atoms with Gasteiger partial charge in [0.25, 0.3) is 0 Å². The van der Waals surface area contributed by atoms with Crippen LogP contribution in [0.3, 0.4) is 0 Å². The fraction of sp³-hybridized carbons (Fsp3) is 0.133. The second-order valence-electron chi connectivity index (χ2n) is 4.34. The van der Waals surface area contributed by atoms with Crippen LogP contribution in [0.25, 0.3) is 10.3 Å². The highest BCUT2D eigenvalue weighted by atomic mass is 32.1. The van der Waals surface area contributed by atoms with Crippen LogP contribution in [0.2, 0.25) is 0 Å². The topological polar surface area (TPSA) is 39.4 Å². The van der Waals surface area contributed by atoms with Gasteiger partial charge in [-0.05, 0) is 24.6 Å². The second-order valence-corrected chi connectivity index (χ2v) is 5.31. The van der Waals surface area contributed by atoms with Crippen molar-refractivity contribution < 1.29 is 9.15 Å². The molecule has 3 rings (SSSR count). The maximum Gasteiger partial charge on any atom is 0.396 e. The molecule has 1 aromatic heterocycles. The van der Waals surface area contributed by atoms with Crippen molar-refractivity contribution in [3.05, 3.63) is 63.3 Å². The lowest BCUT2D eigenvalue weighted by Crippen LogP contribution is -1.94. The van der Waals surface area contributed by atoms with Gasteiger partial charge in [-0.1, -0.05) is 41.2 Å². The van der Waals surface area contributed by atoms with E-state index in [2.05, 4.69) is 19.1 Å². The van der Waals surface area contributed by atoms with E-state index in [1.807, 2.05) is 24.3 Å². The van der Waals surface area contributed by atoms with Crippen molar-refractivity contribution in [2.24, 2.45) is 0 Å². The fourth-order valence-corrected chi connectivity index (χ4v) is 2.44. The number of ether oxygens (including phenoxy) is 1. The molecule has 0 unspecified atom stereocenters. The lowest BCUT2D eigenvalue weighted by molar-refractivity contribution is 0.306. The second kappa shape index (κ2) is 4.90. The summed E-state index contributed by atoms with van der Waals surface area (Å²) in [5, 5.41) is 0. The summed E-state index contributed by atoms with van der Waals surface area (Å²) >= 11 is 1.10. The predicted molar refractivity (Wildman–Crippen MR) is 75.9 cm³/mol. The molecule has 0 aliphatic carbocycles. The van der Waals surface area contributed by atoms with E-state index in [9.17, 15) is 4.79 Å². The maximum absolute atomic E-state index is 11.1. The molecular weight excluding hydrogens is 260 g/mol. The van der Waals surface area contributed by atoms with Crippen LogP contribution in [0.1, 0.15) is 11.1 Å². The monoisotopic (exact) mass is 272 g/mol. The summed E-state index contributed by atoms with van der Waals surface area (Å²) in [7, 11) is 0. The van der Waals surface area contributed by atoms with Crippen LogP contribution in [-0.2, 0) is 6.61 Å². The third kappa shape index (κ3) is 2.69. The lowest BCUT2D eigenvalue weighted by Gasteiger charge is -2.06. The zero-order chi connectivity index (χ0) is 13.2. The van der Waals surface area contributed by atoms with Gasteiger partial charge in [-0.25, -0.2) is 4.79 Å². The van der Waals surface area contributed by atoms with E-state index >= 15 is 0 Å². The smallest absolute Gasteiger partial charge is 0.396 e. The molecule has 4 heteroatoms. The molecule has 0 aliphatic heterocycles. The van der Waals surface area contributed by atoms with Gasteiger partial charge < -0.3 is 9.15 Å².